The summed E-state index contributed by atoms with van der Waals surface area (Å²) in [5, 5.41) is 5.73. The fourth-order valence-corrected chi connectivity index (χ4v) is 2.65. The zero-order valence-corrected chi connectivity index (χ0v) is 14.7. The molecule has 0 aliphatic rings. The minimum absolute atomic E-state index is 0.119. The van der Waals surface area contributed by atoms with Crippen molar-refractivity contribution in [1.82, 2.24) is 10.4 Å². The fourth-order valence-electron chi connectivity index (χ4n) is 2.55. The van der Waals surface area contributed by atoms with Gasteiger partial charge in [0.15, 0.2) is 6.61 Å². The molecule has 0 bridgehead atoms. The van der Waals surface area contributed by atoms with E-state index in [1.807, 2.05) is 44.3 Å². The second-order valence-electron chi connectivity index (χ2n) is 5.74. The maximum absolute atomic E-state index is 11.9. The number of benzene rings is 2. The van der Waals surface area contributed by atoms with Gasteiger partial charge in [0, 0.05) is 27.7 Å². The maximum atomic E-state index is 11.9. The molecule has 3 aromatic rings. The molecular formula is C19H18ClN3O2. The molecule has 0 atom stereocenters. The first-order valence-corrected chi connectivity index (χ1v) is 8.20. The third kappa shape index (κ3) is 4.00. The topological polar surface area (TPSA) is 66.5 Å². The van der Waals surface area contributed by atoms with E-state index in [9.17, 15) is 4.79 Å². The van der Waals surface area contributed by atoms with E-state index in [0.717, 1.165) is 27.6 Å². The van der Waals surface area contributed by atoms with Crippen LogP contribution in [0.5, 0.6) is 5.75 Å². The number of rotatable bonds is 5. The Balaban J connectivity index is 1.56. The number of hydrogen-bond donors (Lipinski definition) is 2. The first-order chi connectivity index (χ1) is 12.0. The lowest BCUT2D eigenvalue weighted by atomic mass is 10.1. The Morgan fingerprint density at radius 2 is 2.00 bits per heavy atom. The summed E-state index contributed by atoms with van der Waals surface area (Å²) in [6.07, 6.45) is 3.45. The van der Waals surface area contributed by atoms with Crippen LogP contribution in [0.3, 0.4) is 0 Å². The molecule has 1 heterocycles. The van der Waals surface area contributed by atoms with Crippen LogP contribution in [0.4, 0.5) is 0 Å². The van der Waals surface area contributed by atoms with Gasteiger partial charge < -0.3 is 9.72 Å². The third-order valence-electron chi connectivity index (χ3n) is 3.79. The minimum atomic E-state index is -0.332. The number of aromatic nitrogens is 1. The number of ether oxygens (including phenoxy) is 1. The number of nitrogens with one attached hydrogen (secondary N) is 2. The number of carbonyl (C=O) groups is 1. The zero-order valence-electron chi connectivity index (χ0n) is 14.0. The lowest BCUT2D eigenvalue weighted by Gasteiger charge is -2.09. The second-order valence-corrected chi connectivity index (χ2v) is 6.12. The van der Waals surface area contributed by atoms with E-state index in [-0.39, 0.29) is 12.5 Å². The smallest absolute Gasteiger partial charge is 0.277 e. The molecule has 5 nitrogen and oxygen atoms in total. The molecule has 128 valence electrons. The van der Waals surface area contributed by atoms with Crippen LogP contribution in [0.15, 0.2) is 47.7 Å². The van der Waals surface area contributed by atoms with Crippen LogP contribution in [0.25, 0.3) is 10.9 Å². The quantitative estimate of drug-likeness (QED) is 0.537. The lowest BCUT2D eigenvalue weighted by molar-refractivity contribution is -0.123. The molecular weight excluding hydrogens is 338 g/mol. The van der Waals surface area contributed by atoms with E-state index in [4.69, 9.17) is 16.3 Å². The first kappa shape index (κ1) is 17.0. The van der Waals surface area contributed by atoms with Gasteiger partial charge in [-0.25, -0.2) is 5.43 Å². The number of H-pyrrole nitrogens is 1. The summed E-state index contributed by atoms with van der Waals surface area (Å²) in [4.78, 5) is 15.0. The number of aromatic amines is 1. The molecule has 6 heteroatoms. The Kier molecular flexibility index (Phi) is 5.05. The van der Waals surface area contributed by atoms with E-state index in [1.165, 1.54) is 0 Å². The number of fused-ring (bicyclic) bond motifs is 1. The molecule has 0 aliphatic heterocycles. The standard InChI is InChI=1S/C19H18ClN3O2/c1-12-7-15(8-13(2)19(12)20)25-11-18(24)23-22-10-14-9-21-17-6-4-3-5-16(14)17/h3-10,21H,11H2,1-2H3,(H,23,24). The Labute approximate surface area is 150 Å². The van der Waals surface area contributed by atoms with E-state index >= 15 is 0 Å². The summed E-state index contributed by atoms with van der Waals surface area (Å²) in [5.74, 6) is 0.275. The molecule has 2 aromatic carbocycles. The summed E-state index contributed by atoms with van der Waals surface area (Å²) in [6, 6.07) is 11.5. The van der Waals surface area contributed by atoms with Gasteiger partial charge in [0.2, 0.25) is 0 Å². The summed E-state index contributed by atoms with van der Waals surface area (Å²) >= 11 is 6.11. The van der Waals surface area contributed by atoms with Crippen molar-refractivity contribution in [3.63, 3.8) is 0 Å². The van der Waals surface area contributed by atoms with E-state index < -0.39 is 0 Å². The predicted molar refractivity (Wildman–Crippen MR) is 100 cm³/mol. The second kappa shape index (κ2) is 7.40. The summed E-state index contributed by atoms with van der Waals surface area (Å²) in [6.45, 7) is 3.67. The molecule has 3 rings (SSSR count). The molecule has 0 unspecified atom stereocenters. The third-order valence-corrected chi connectivity index (χ3v) is 4.39. The molecule has 1 aromatic heterocycles. The van der Waals surface area contributed by atoms with Crippen molar-refractivity contribution >= 4 is 34.6 Å². The highest BCUT2D eigenvalue weighted by Crippen LogP contribution is 2.25. The van der Waals surface area contributed by atoms with E-state index in [2.05, 4.69) is 15.5 Å². The molecule has 25 heavy (non-hydrogen) atoms. The first-order valence-electron chi connectivity index (χ1n) is 7.82. The van der Waals surface area contributed by atoms with Crippen molar-refractivity contribution in [1.29, 1.82) is 0 Å². The minimum Gasteiger partial charge on any atom is -0.484 e. The van der Waals surface area contributed by atoms with Crippen molar-refractivity contribution in [2.75, 3.05) is 6.61 Å². The number of hydrazone groups is 1. The molecule has 0 spiro atoms. The molecule has 2 N–H and O–H groups in total. The Bertz CT molecular complexity index is 924. The summed E-state index contributed by atoms with van der Waals surface area (Å²) in [5.41, 5.74) is 6.21. The van der Waals surface area contributed by atoms with Gasteiger partial charge in [0.1, 0.15) is 5.75 Å². The SMILES string of the molecule is Cc1cc(OCC(=O)NN=Cc2c[nH]c3ccccc23)cc(C)c1Cl. The van der Waals surface area contributed by atoms with Gasteiger partial charge in [-0.1, -0.05) is 29.8 Å². The number of aryl methyl sites for hydroxylation is 2. The molecule has 0 radical (unpaired) electrons. The highest BCUT2D eigenvalue weighted by Gasteiger charge is 2.06. The van der Waals surface area contributed by atoms with Gasteiger partial charge in [-0.15, -0.1) is 0 Å². The Hall–Kier alpha value is -2.79. The van der Waals surface area contributed by atoms with Gasteiger partial charge in [-0.3, -0.25) is 4.79 Å². The van der Waals surface area contributed by atoms with Crippen molar-refractivity contribution in [2.45, 2.75) is 13.8 Å². The van der Waals surface area contributed by atoms with Gasteiger partial charge in [0.25, 0.3) is 5.91 Å². The van der Waals surface area contributed by atoms with Crippen molar-refractivity contribution in [3.8, 4) is 5.75 Å². The van der Waals surface area contributed by atoms with Gasteiger partial charge in [-0.05, 0) is 43.2 Å². The largest absolute Gasteiger partial charge is 0.484 e. The Morgan fingerprint density at radius 1 is 1.28 bits per heavy atom. The molecule has 0 aliphatic carbocycles. The molecule has 0 fully saturated rings. The number of hydrogen-bond acceptors (Lipinski definition) is 3. The Morgan fingerprint density at radius 3 is 2.76 bits per heavy atom. The van der Waals surface area contributed by atoms with Gasteiger partial charge >= 0.3 is 0 Å². The van der Waals surface area contributed by atoms with Crippen LogP contribution in [-0.4, -0.2) is 23.7 Å². The molecule has 0 saturated heterocycles. The van der Waals surface area contributed by atoms with Gasteiger partial charge in [-0.2, -0.15) is 5.10 Å². The maximum Gasteiger partial charge on any atom is 0.277 e. The molecule has 1 amide bonds. The highest BCUT2D eigenvalue weighted by molar-refractivity contribution is 6.32. The summed E-state index contributed by atoms with van der Waals surface area (Å²) < 4.78 is 5.49. The van der Waals surface area contributed by atoms with Crippen LogP contribution >= 0.6 is 11.6 Å². The van der Waals surface area contributed by atoms with Crippen LogP contribution in [0.1, 0.15) is 16.7 Å². The van der Waals surface area contributed by atoms with Crippen LogP contribution in [0, 0.1) is 13.8 Å². The van der Waals surface area contributed by atoms with Crippen molar-refractivity contribution in [3.05, 3.63) is 64.3 Å². The number of nitrogens with zero attached hydrogens (tertiary/aromatic N) is 1. The van der Waals surface area contributed by atoms with E-state index in [0.29, 0.717) is 10.8 Å². The number of amides is 1. The highest BCUT2D eigenvalue weighted by atomic mass is 35.5. The zero-order chi connectivity index (χ0) is 17.8. The monoisotopic (exact) mass is 355 g/mol. The number of para-hydroxylation sites is 1. The van der Waals surface area contributed by atoms with Crippen molar-refractivity contribution < 1.29 is 9.53 Å². The summed E-state index contributed by atoms with van der Waals surface area (Å²) in [7, 11) is 0. The fraction of sp³-hybridized carbons (Fsp3) is 0.158. The van der Waals surface area contributed by atoms with Crippen LogP contribution in [-0.2, 0) is 4.79 Å². The predicted octanol–water partition coefficient (Wildman–Crippen LogP) is 3.97. The number of carbonyl (C=O) groups excluding carboxylic acids is 1. The normalized spacial score (nSPS) is 11.2. The number of halogens is 1. The van der Waals surface area contributed by atoms with Crippen LogP contribution < -0.4 is 10.2 Å². The molecule has 0 saturated carbocycles. The van der Waals surface area contributed by atoms with Crippen LogP contribution in [0.2, 0.25) is 5.02 Å². The lowest BCUT2D eigenvalue weighted by Crippen LogP contribution is -2.24. The average Bonchev–Trinajstić information content (AvgIpc) is 3.01. The van der Waals surface area contributed by atoms with Gasteiger partial charge in [0.05, 0.1) is 6.21 Å². The van der Waals surface area contributed by atoms with E-state index in [1.54, 1.807) is 18.3 Å². The average molecular weight is 356 g/mol. The van der Waals surface area contributed by atoms with Crippen molar-refractivity contribution in [2.24, 2.45) is 5.10 Å².